The summed E-state index contributed by atoms with van der Waals surface area (Å²) in [4.78, 5) is 40.9. The minimum Gasteiger partial charge on any atom is -0.444 e. The number of hydrogen-bond acceptors (Lipinski definition) is 9. The molecule has 0 radical (unpaired) electrons. The number of alkyl carbamates (subject to hydrolysis) is 1. The molecule has 0 bridgehead atoms. The van der Waals surface area contributed by atoms with E-state index in [1.54, 1.807) is 27.0 Å². The molecule has 3 atom stereocenters. The summed E-state index contributed by atoms with van der Waals surface area (Å²) >= 11 is 0. The first-order valence-corrected chi connectivity index (χ1v) is 21.7. The first-order chi connectivity index (χ1) is 20.8. The quantitative estimate of drug-likeness (QED) is 0.231. The van der Waals surface area contributed by atoms with Gasteiger partial charge in [0.1, 0.15) is 23.8 Å². The molecule has 0 saturated carbocycles. The zero-order valence-electron chi connectivity index (χ0n) is 30.2. The van der Waals surface area contributed by atoms with Crippen molar-refractivity contribution in [2.24, 2.45) is 0 Å². The van der Waals surface area contributed by atoms with Crippen molar-refractivity contribution >= 4 is 34.5 Å². The largest absolute Gasteiger partial charge is 0.444 e. The van der Waals surface area contributed by atoms with Crippen molar-refractivity contribution < 1.29 is 27.9 Å². The minimum absolute atomic E-state index is 0.00785. The third-order valence-corrected chi connectivity index (χ3v) is 17.8. The molecule has 46 heavy (non-hydrogen) atoms. The van der Waals surface area contributed by atoms with Gasteiger partial charge in [-0.1, -0.05) is 53.4 Å². The van der Waals surface area contributed by atoms with Crippen molar-refractivity contribution in [1.82, 2.24) is 20.2 Å². The second kappa shape index (κ2) is 15.0. The zero-order chi connectivity index (χ0) is 35.3. The number of aromatic nitrogens is 2. The number of ether oxygens (including phenoxy) is 2. The van der Waals surface area contributed by atoms with Gasteiger partial charge in [-0.3, -0.25) is 9.36 Å². The molecule has 1 aromatic heterocycles. The Labute approximate surface area is 277 Å². The van der Waals surface area contributed by atoms with Crippen LogP contribution in [-0.4, -0.2) is 75.7 Å². The Hall–Kier alpha value is -2.71. The van der Waals surface area contributed by atoms with Gasteiger partial charge >= 0.3 is 11.8 Å². The van der Waals surface area contributed by atoms with Crippen LogP contribution in [0.5, 0.6) is 0 Å². The number of hydrogen-bond donors (Lipinski definition) is 3. The molecule has 4 N–H and O–H groups in total. The molecule has 0 spiro atoms. The predicted octanol–water partition coefficient (Wildman–Crippen LogP) is 4.91. The smallest absolute Gasteiger partial charge is 0.407 e. The summed E-state index contributed by atoms with van der Waals surface area (Å²) < 4.78 is 26.4. The van der Waals surface area contributed by atoms with Crippen LogP contribution in [0.1, 0.15) is 86.9 Å². The van der Waals surface area contributed by atoms with Gasteiger partial charge in [0, 0.05) is 25.6 Å². The van der Waals surface area contributed by atoms with Gasteiger partial charge in [-0.05, 0) is 57.0 Å². The van der Waals surface area contributed by atoms with E-state index in [0.29, 0.717) is 18.6 Å². The first-order valence-electron chi connectivity index (χ1n) is 15.9. The highest BCUT2D eigenvalue weighted by molar-refractivity contribution is 6.74. The number of nitrogen functional groups attached to an aromatic ring is 1. The summed E-state index contributed by atoms with van der Waals surface area (Å²) in [5.74, 6) is 5.45. The van der Waals surface area contributed by atoms with E-state index in [4.69, 9.17) is 24.1 Å². The zero-order valence-corrected chi connectivity index (χ0v) is 32.2. The Morgan fingerprint density at radius 1 is 1.04 bits per heavy atom. The van der Waals surface area contributed by atoms with Gasteiger partial charge in [0.15, 0.2) is 16.6 Å². The molecule has 12 nitrogen and oxygen atoms in total. The second-order valence-corrected chi connectivity index (χ2v) is 25.4. The van der Waals surface area contributed by atoms with Gasteiger partial charge in [0.2, 0.25) is 5.91 Å². The number of rotatable bonds is 10. The van der Waals surface area contributed by atoms with Gasteiger partial charge in [-0.25, -0.2) is 9.59 Å². The lowest BCUT2D eigenvalue weighted by Crippen LogP contribution is -2.48. The number of carbonyl (C=O) groups excluding carboxylic acids is 2. The van der Waals surface area contributed by atoms with E-state index >= 15 is 0 Å². The monoisotopic (exact) mass is 679 g/mol. The lowest BCUT2D eigenvalue weighted by molar-refractivity contribution is -0.120. The van der Waals surface area contributed by atoms with Crippen LogP contribution in [0.4, 0.5) is 10.6 Å². The summed E-state index contributed by atoms with van der Waals surface area (Å²) in [6, 6.07) is 0. The van der Waals surface area contributed by atoms with Crippen molar-refractivity contribution in [3.8, 4) is 11.8 Å². The van der Waals surface area contributed by atoms with Crippen molar-refractivity contribution in [1.29, 1.82) is 0 Å². The van der Waals surface area contributed by atoms with E-state index in [-0.39, 0.29) is 53.5 Å². The Balaban J connectivity index is 2.16. The number of nitrogens with two attached hydrogens (primary N) is 1. The maximum Gasteiger partial charge on any atom is 0.407 e. The van der Waals surface area contributed by atoms with E-state index in [1.807, 2.05) is 0 Å². The van der Waals surface area contributed by atoms with Crippen LogP contribution in [0.15, 0.2) is 11.0 Å². The second-order valence-electron chi connectivity index (χ2n) is 15.8. The van der Waals surface area contributed by atoms with Crippen molar-refractivity contribution in [3.05, 3.63) is 22.2 Å². The Bertz CT molecular complexity index is 1350. The minimum atomic E-state index is -2.17. The lowest BCUT2D eigenvalue weighted by atomic mass is 10.2. The molecule has 1 aromatic rings. The van der Waals surface area contributed by atoms with Crippen molar-refractivity contribution in [2.75, 3.05) is 25.4 Å². The standard InChI is InChI=1S/C32H57N5O7Si2/c1-30(2,3)43-29(40)35-18-16-25(38)34-17-14-15-22-20-37(28(39)36-27(22)33)26-19-23(44-46(12,13)32(7,8)9)24(42-26)21-41-45(10,11)31(4,5)6/h20,23-24,26H,16-19,21H2,1-13H3,(H,34,38)(H,35,40)(H2,33,36,39). The van der Waals surface area contributed by atoms with Crippen molar-refractivity contribution in [2.45, 2.75) is 135 Å². The molecule has 0 aliphatic carbocycles. The summed E-state index contributed by atoms with van der Waals surface area (Å²) in [5.41, 5.74) is 5.22. The van der Waals surface area contributed by atoms with Gasteiger partial charge in [0.05, 0.1) is 24.8 Å². The number of nitrogens with one attached hydrogen (secondary N) is 2. The molecule has 1 aliphatic rings. The van der Waals surface area contributed by atoms with Crippen LogP contribution in [0.2, 0.25) is 36.3 Å². The summed E-state index contributed by atoms with van der Waals surface area (Å²) in [5, 5.41) is 5.23. The maximum atomic E-state index is 13.0. The topological polar surface area (TPSA) is 156 Å². The Kier molecular flexibility index (Phi) is 12.9. The van der Waals surface area contributed by atoms with Crippen LogP contribution in [0.3, 0.4) is 0 Å². The Morgan fingerprint density at radius 3 is 2.22 bits per heavy atom. The number of carbonyl (C=O) groups is 2. The Morgan fingerprint density at radius 2 is 1.65 bits per heavy atom. The number of amides is 2. The molecule has 1 saturated heterocycles. The lowest BCUT2D eigenvalue weighted by Gasteiger charge is -2.40. The van der Waals surface area contributed by atoms with Crippen LogP contribution in [0, 0.1) is 11.8 Å². The first kappa shape index (κ1) is 39.5. The van der Waals surface area contributed by atoms with E-state index in [0.717, 1.165) is 0 Å². The predicted molar refractivity (Wildman–Crippen MR) is 185 cm³/mol. The highest BCUT2D eigenvalue weighted by atomic mass is 28.4. The average Bonchev–Trinajstić information content (AvgIpc) is 3.25. The molecule has 1 fully saturated rings. The normalized spacial score (nSPS) is 19.3. The van der Waals surface area contributed by atoms with E-state index in [2.05, 4.69) is 95.2 Å². The van der Waals surface area contributed by atoms with E-state index in [1.165, 1.54) is 4.57 Å². The molecule has 0 aromatic carbocycles. The summed E-state index contributed by atoms with van der Waals surface area (Å²) in [7, 11) is -4.24. The molecular weight excluding hydrogens is 623 g/mol. The molecule has 1 aliphatic heterocycles. The summed E-state index contributed by atoms with van der Waals surface area (Å²) in [6.07, 6.45) is 0.200. The third-order valence-electron chi connectivity index (χ3n) is 8.76. The summed E-state index contributed by atoms with van der Waals surface area (Å²) in [6.45, 7) is 27.8. The van der Waals surface area contributed by atoms with Gasteiger partial charge in [0.25, 0.3) is 0 Å². The molecule has 14 heteroatoms. The third kappa shape index (κ3) is 11.5. The molecular formula is C32H57N5O7Si2. The SMILES string of the molecule is CC(C)(C)OC(=O)NCCC(=O)NCC#Cc1cn(C2CC(O[Si](C)(C)C(C)(C)C)C(CO[Si](C)(C)C(C)(C)C)O2)c(=O)nc1N. The molecule has 3 unspecified atom stereocenters. The van der Waals surface area contributed by atoms with E-state index in [9.17, 15) is 14.4 Å². The van der Waals surface area contributed by atoms with Gasteiger partial charge in [-0.15, -0.1) is 0 Å². The van der Waals surface area contributed by atoms with Crippen LogP contribution < -0.4 is 22.1 Å². The van der Waals surface area contributed by atoms with Gasteiger partial charge in [-0.2, -0.15) is 4.98 Å². The molecule has 2 rings (SSSR count). The van der Waals surface area contributed by atoms with Crippen molar-refractivity contribution in [3.63, 3.8) is 0 Å². The number of nitrogens with zero attached hydrogens (tertiary/aromatic N) is 2. The maximum absolute atomic E-state index is 13.0. The number of anilines is 1. The van der Waals surface area contributed by atoms with E-state index < -0.39 is 40.2 Å². The highest BCUT2D eigenvalue weighted by Gasteiger charge is 2.46. The molecule has 2 heterocycles. The highest BCUT2D eigenvalue weighted by Crippen LogP contribution is 2.42. The van der Waals surface area contributed by atoms with Crippen LogP contribution >= 0.6 is 0 Å². The molecule has 2 amide bonds. The molecule has 260 valence electrons. The fourth-order valence-corrected chi connectivity index (χ4v) is 6.33. The van der Waals surface area contributed by atoms with Crippen LogP contribution in [0.25, 0.3) is 0 Å². The van der Waals surface area contributed by atoms with Crippen LogP contribution in [-0.2, 0) is 23.1 Å². The fraction of sp³-hybridized carbons (Fsp3) is 0.750. The fourth-order valence-electron chi connectivity index (χ4n) is 3.95. The average molecular weight is 680 g/mol. The van der Waals surface area contributed by atoms with Gasteiger partial charge < -0.3 is 34.7 Å².